The van der Waals surface area contributed by atoms with Gasteiger partial charge in [-0.15, -0.1) is 0 Å². The van der Waals surface area contributed by atoms with Crippen molar-refractivity contribution in [2.45, 2.75) is 65.3 Å². The Bertz CT molecular complexity index is 177. The van der Waals surface area contributed by atoms with E-state index in [1.807, 2.05) is 0 Å². The fourth-order valence-corrected chi connectivity index (χ4v) is 2.02. The number of hydrogen-bond acceptors (Lipinski definition) is 2. The summed E-state index contributed by atoms with van der Waals surface area (Å²) < 4.78 is 0. The van der Waals surface area contributed by atoms with E-state index in [4.69, 9.17) is 5.73 Å². The summed E-state index contributed by atoms with van der Waals surface area (Å²) in [7, 11) is 0. The Morgan fingerprint density at radius 3 is 1.94 bits per heavy atom. The molecule has 1 unspecified atom stereocenters. The minimum atomic E-state index is 0.161. The average molecular weight is 228 g/mol. The van der Waals surface area contributed by atoms with Crippen molar-refractivity contribution in [3.05, 3.63) is 0 Å². The number of hydrogen-bond donors (Lipinski definition) is 2. The Morgan fingerprint density at radius 2 is 1.56 bits per heavy atom. The van der Waals surface area contributed by atoms with E-state index in [0.29, 0.717) is 6.54 Å². The molecule has 0 radical (unpaired) electrons. The normalized spacial score (nSPS) is 12.8. The molecule has 0 aromatic rings. The van der Waals surface area contributed by atoms with Crippen molar-refractivity contribution in [1.82, 2.24) is 5.32 Å². The van der Waals surface area contributed by atoms with Gasteiger partial charge in [0.25, 0.3) is 0 Å². The molecule has 0 rings (SSSR count). The number of nitrogens with one attached hydrogen (secondary N) is 1. The van der Waals surface area contributed by atoms with E-state index >= 15 is 0 Å². The fraction of sp³-hybridized carbons (Fsp3) is 0.923. The number of rotatable bonds is 9. The monoisotopic (exact) mass is 228 g/mol. The molecular formula is C13H28N2O. The lowest BCUT2D eigenvalue weighted by Gasteiger charge is -2.21. The van der Waals surface area contributed by atoms with Crippen LogP contribution in [0.4, 0.5) is 0 Å². The van der Waals surface area contributed by atoms with Crippen LogP contribution in [0.5, 0.6) is 0 Å². The first-order valence-electron chi connectivity index (χ1n) is 6.69. The molecule has 0 bridgehead atoms. The third-order valence-corrected chi connectivity index (χ3v) is 2.91. The zero-order valence-corrected chi connectivity index (χ0v) is 11.1. The standard InChI is InChI=1S/C13H28N2O/c1-4-7-11(8-5-2)13(16)15-12(10-14)9-6-3/h11-12H,4-10,14H2,1-3H3,(H,15,16). The second-order valence-electron chi connectivity index (χ2n) is 4.50. The maximum absolute atomic E-state index is 12.0. The molecule has 3 nitrogen and oxygen atoms in total. The summed E-state index contributed by atoms with van der Waals surface area (Å²) in [5.74, 6) is 0.383. The third kappa shape index (κ3) is 6.11. The highest BCUT2D eigenvalue weighted by Gasteiger charge is 2.18. The summed E-state index contributed by atoms with van der Waals surface area (Å²) >= 11 is 0. The average Bonchev–Trinajstić information content (AvgIpc) is 2.28. The van der Waals surface area contributed by atoms with Crippen LogP contribution in [-0.2, 0) is 4.79 Å². The van der Waals surface area contributed by atoms with Crippen molar-refractivity contribution < 1.29 is 4.79 Å². The van der Waals surface area contributed by atoms with Gasteiger partial charge in [0.2, 0.25) is 5.91 Å². The highest BCUT2D eigenvalue weighted by Crippen LogP contribution is 2.14. The van der Waals surface area contributed by atoms with E-state index in [2.05, 4.69) is 26.1 Å². The van der Waals surface area contributed by atoms with E-state index in [1.54, 1.807) is 0 Å². The molecule has 0 aromatic heterocycles. The van der Waals surface area contributed by atoms with Crippen LogP contribution in [0.3, 0.4) is 0 Å². The van der Waals surface area contributed by atoms with Gasteiger partial charge in [0.05, 0.1) is 0 Å². The van der Waals surface area contributed by atoms with Crippen molar-refractivity contribution in [3.63, 3.8) is 0 Å². The first-order valence-corrected chi connectivity index (χ1v) is 6.69. The molecule has 1 amide bonds. The Hall–Kier alpha value is -0.570. The van der Waals surface area contributed by atoms with Gasteiger partial charge in [0.15, 0.2) is 0 Å². The lowest BCUT2D eigenvalue weighted by molar-refractivity contribution is -0.126. The van der Waals surface area contributed by atoms with Crippen LogP contribution >= 0.6 is 0 Å². The van der Waals surface area contributed by atoms with Gasteiger partial charge < -0.3 is 11.1 Å². The third-order valence-electron chi connectivity index (χ3n) is 2.91. The van der Waals surface area contributed by atoms with Gasteiger partial charge >= 0.3 is 0 Å². The molecule has 3 heteroatoms. The van der Waals surface area contributed by atoms with Crippen LogP contribution in [0.15, 0.2) is 0 Å². The second kappa shape index (κ2) is 9.64. The lowest BCUT2D eigenvalue weighted by atomic mass is 9.97. The zero-order valence-electron chi connectivity index (χ0n) is 11.1. The van der Waals surface area contributed by atoms with Crippen LogP contribution in [0.25, 0.3) is 0 Å². The van der Waals surface area contributed by atoms with Crippen molar-refractivity contribution in [2.75, 3.05) is 6.54 Å². The van der Waals surface area contributed by atoms with Crippen LogP contribution in [0, 0.1) is 5.92 Å². The molecule has 0 spiro atoms. The first kappa shape index (κ1) is 15.4. The molecule has 0 saturated heterocycles. The summed E-state index contributed by atoms with van der Waals surface area (Å²) in [6.07, 6.45) is 6.16. The van der Waals surface area contributed by atoms with Crippen molar-refractivity contribution in [2.24, 2.45) is 11.7 Å². The van der Waals surface area contributed by atoms with E-state index in [9.17, 15) is 4.79 Å². The highest BCUT2D eigenvalue weighted by molar-refractivity contribution is 5.78. The molecule has 3 N–H and O–H groups in total. The molecule has 0 aliphatic carbocycles. The minimum Gasteiger partial charge on any atom is -0.352 e. The summed E-state index contributed by atoms with van der Waals surface area (Å²) in [5, 5.41) is 3.07. The van der Waals surface area contributed by atoms with E-state index < -0.39 is 0 Å². The second-order valence-corrected chi connectivity index (χ2v) is 4.50. The number of amides is 1. The largest absolute Gasteiger partial charge is 0.352 e. The molecule has 96 valence electrons. The molecule has 0 aliphatic rings. The van der Waals surface area contributed by atoms with Gasteiger partial charge in [-0.3, -0.25) is 4.79 Å². The molecule has 0 heterocycles. The Kier molecular flexibility index (Phi) is 9.30. The zero-order chi connectivity index (χ0) is 12.4. The number of carbonyl (C=O) groups excluding carboxylic acids is 1. The van der Waals surface area contributed by atoms with Crippen molar-refractivity contribution in [1.29, 1.82) is 0 Å². The van der Waals surface area contributed by atoms with Gasteiger partial charge in [-0.1, -0.05) is 40.0 Å². The quantitative estimate of drug-likeness (QED) is 0.637. The predicted octanol–water partition coefficient (Wildman–Crippen LogP) is 2.45. The molecule has 0 fully saturated rings. The van der Waals surface area contributed by atoms with Gasteiger partial charge in [-0.25, -0.2) is 0 Å². The van der Waals surface area contributed by atoms with Gasteiger partial charge in [-0.05, 0) is 19.3 Å². The van der Waals surface area contributed by atoms with Crippen LogP contribution in [-0.4, -0.2) is 18.5 Å². The van der Waals surface area contributed by atoms with Gasteiger partial charge in [0, 0.05) is 18.5 Å². The Balaban J connectivity index is 4.14. The maximum atomic E-state index is 12.0. The molecular weight excluding hydrogens is 200 g/mol. The molecule has 16 heavy (non-hydrogen) atoms. The van der Waals surface area contributed by atoms with Gasteiger partial charge in [0.1, 0.15) is 0 Å². The van der Waals surface area contributed by atoms with E-state index in [-0.39, 0.29) is 17.9 Å². The SMILES string of the molecule is CCCC(CN)NC(=O)C(CCC)CCC. The fourth-order valence-electron chi connectivity index (χ4n) is 2.02. The molecule has 0 saturated carbocycles. The lowest BCUT2D eigenvalue weighted by Crippen LogP contribution is -2.43. The summed E-state index contributed by atoms with van der Waals surface area (Å²) in [6, 6.07) is 0.161. The highest BCUT2D eigenvalue weighted by atomic mass is 16.1. The minimum absolute atomic E-state index is 0.161. The number of nitrogens with two attached hydrogens (primary N) is 1. The van der Waals surface area contributed by atoms with Gasteiger partial charge in [-0.2, -0.15) is 0 Å². The molecule has 0 aromatic carbocycles. The van der Waals surface area contributed by atoms with Crippen LogP contribution < -0.4 is 11.1 Å². The first-order chi connectivity index (χ1) is 7.69. The summed E-state index contributed by atoms with van der Waals surface area (Å²) in [5.41, 5.74) is 5.64. The van der Waals surface area contributed by atoms with E-state index in [1.165, 1.54) is 0 Å². The van der Waals surface area contributed by atoms with Crippen LogP contribution in [0.2, 0.25) is 0 Å². The maximum Gasteiger partial charge on any atom is 0.223 e. The number of carbonyl (C=O) groups is 1. The summed E-state index contributed by atoms with van der Waals surface area (Å²) in [6.45, 7) is 6.92. The predicted molar refractivity (Wildman–Crippen MR) is 69.2 cm³/mol. The van der Waals surface area contributed by atoms with Crippen molar-refractivity contribution in [3.8, 4) is 0 Å². The van der Waals surface area contributed by atoms with Crippen LogP contribution in [0.1, 0.15) is 59.3 Å². The Morgan fingerprint density at radius 1 is 1.06 bits per heavy atom. The van der Waals surface area contributed by atoms with Crippen molar-refractivity contribution >= 4 is 5.91 Å². The smallest absolute Gasteiger partial charge is 0.223 e. The molecule has 1 atom stereocenters. The molecule has 0 aliphatic heterocycles. The summed E-state index contributed by atoms with van der Waals surface area (Å²) in [4.78, 5) is 12.0. The Labute approximate surface area is 100 Å². The van der Waals surface area contributed by atoms with E-state index in [0.717, 1.165) is 38.5 Å². The topological polar surface area (TPSA) is 55.1 Å².